The number of nitrogens with one attached hydrogen (secondary N) is 1. The average Bonchev–Trinajstić information content (AvgIpc) is 2.73. The highest BCUT2D eigenvalue weighted by atomic mass is 127. The van der Waals surface area contributed by atoms with E-state index in [1.165, 1.54) is 0 Å². The zero-order chi connectivity index (χ0) is 22.2. The lowest BCUT2D eigenvalue weighted by atomic mass is 10.2. The Morgan fingerprint density at radius 2 is 1.71 bits per heavy atom. The minimum absolute atomic E-state index is 0.308. The molecule has 0 unspecified atom stereocenters. The first kappa shape index (κ1) is 24.0. The molecular formula is C23H20Cl3IN2O2. The highest BCUT2D eigenvalue weighted by molar-refractivity contribution is 14.1. The number of rotatable bonds is 9. The molecule has 0 amide bonds. The van der Waals surface area contributed by atoms with E-state index in [1.807, 2.05) is 49.4 Å². The lowest BCUT2D eigenvalue weighted by molar-refractivity contribution is 0.267. The quantitative estimate of drug-likeness (QED) is 0.161. The van der Waals surface area contributed by atoms with Crippen molar-refractivity contribution in [3.63, 3.8) is 0 Å². The zero-order valence-corrected chi connectivity index (χ0v) is 21.1. The van der Waals surface area contributed by atoms with E-state index in [0.717, 1.165) is 20.3 Å². The lowest BCUT2D eigenvalue weighted by Crippen LogP contribution is -2.06. The van der Waals surface area contributed by atoms with Gasteiger partial charge >= 0.3 is 0 Å². The summed E-state index contributed by atoms with van der Waals surface area (Å²) in [6.07, 6.45) is 1.75. The predicted octanol–water partition coefficient (Wildman–Crippen LogP) is 7.35. The summed E-state index contributed by atoms with van der Waals surface area (Å²) in [6, 6.07) is 16.9. The van der Waals surface area contributed by atoms with E-state index in [-0.39, 0.29) is 0 Å². The minimum atomic E-state index is 0.308. The van der Waals surface area contributed by atoms with E-state index in [9.17, 15) is 0 Å². The second-order valence-electron chi connectivity index (χ2n) is 6.51. The van der Waals surface area contributed by atoms with Crippen LogP contribution in [0.25, 0.3) is 0 Å². The molecule has 0 aliphatic rings. The van der Waals surface area contributed by atoms with Gasteiger partial charge in [-0.25, -0.2) is 0 Å². The van der Waals surface area contributed by atoms with E-state index < -0.39 is 0 Å². The second-order valence-corrected chi connectivity index (χ2v) is 8.95. The van der Waals surface area contributed by atoms with E-state index in [0.29, 0.717) is 46.3 Å². The van der Waals surface area contributed by atoms with Gasteiger partial charge in [0.15, 0.2) is 11.5 Å². The number of benzene rings is 3. The molecule has 0 saturated heterocycles. The van der Waals surface area contributed by atoms with Gasteiger partial charge in [-0.1, -0.05) is 53.0 Å². The fourth-order valence-electron chi connectivity index (χ4n) is 2.71. The van der Waals surface area contributed by atoms with Crippen LogP contribution in [-0.2, 0) is 13.2 Å². The van der Waals surface area contributed by atoms with Crippen molar-refractivity contribution >= 4 is 63.6 Å². The van der Waals surface area contributed by atoms with Crippen LogP contribution in [0.3, 0.4) is 0 Å². The fraction of sp³-hybridized carbons (Fsp3) is 0.174. The van der Waals surface area contributed by atoms with Crippen molar-refractivity contribution in [2.75, 3.05) is 6.61 Å². The van der Waals surface area contributed by atoms with Gasteiger partial charge in [-0.3, -0.25) is 0 Å². The summed E-state index contributed by atoms with van der Waals surface area (Å²) < 4.78 is 12.8. The Morgan fingerprint density at radius 3 is 2.42 bits per heavy atom. The third-order valence-electron chi connectivity index (χ3n) is 4.22. The molecule has 0 spiro atoms. The molecule has 3 aromatic rings. The number of hydrogen-bond acceptors (Lipinski definition) is 4. The SMILES string of the molecule is CCOc1cc(/C=N\NCc2ccc(Cl)cc2)cc(I)c1OCc1ccc(Cl)cc1Cl. The topological polar surface area (TPSA) is 42.8 Å². The molecule has 0 saturated carbocycles. The number of ether oxygens (including phenoxy) is 2. The molecule has 0 bridgehead atoms. The first-order valence-electron chi connectivity index (χ1n) is 9.49. The van der Waals surface area contributed by atoms with E-state index in [2.05, 4.69) is 33.1 Å². The van der Waals surface area contributed by atoms with Crippen molar-refractivity contribution in [3.05, 3.63) is 89.9 Å². The summed E-state index contributed by atoms with van der Waals surface area (Å²) in [5, 5.41) is 6.18. The maximum atomic E-state index is 6.26. The molecule has 1 N–H and O–H groups in total. The zero-order valence-electron chi connectivity index (χ0n) is 16.7. The molecule has 0 aliphatic heterocycles. The maximum absolute atomic E-state index is 6.26. The Kier molecular flexibility index (Phi) is 9.14. The molecule has 31 heavy (non-hydrogen) atoms. The van der Waals surface area contributed by atoms with E-state index >= 15 is 0 Å². The van der Waals surface area contributed by atoms with Gasteiger partial charge in [0.2, 0.25) is 0 Å². The van der Waals surface area contributed by atoms with Gasteiger partial charge in [-0.05, 0) is 77.0 Å². The number of halogens is 4. The average molecular weight is 590 g/mol. The van der Waals surface area contributed by atoms with Crippen molar-refractivity contribution in [2.24, 2.45) is 5.10 Å². The summed E-state index contributed by atoms with van der Waals surface area (Å²) in [5.41, 5.74) is 5.88. The molecule has 3 aromatic carbocycles. The summed E-state index contributed by atoms with van der Waals surface area (Å²) in [5.74, 6) is 1.32. The third kappa shape index (κ3) is 7.17. The van der Waals surface area contributed by atoms with E-state index in [1.54, 1.807) is 18.3 Å². The summed E-state index contributed by atoms with van der Waals surface area (Å²) in [7, 11) is 0. The summed E-state index contributed by atoms with van der Waals surface area (Å²) in [6.45, 7) is 3.36. The van der Waals surface area contributed by atoms with Crippen LogP contribution in [0.1, 0.15) is 23.6 Å². The predicted molar refractivity (Wildman–Crippen MR) is 137 cm³/mol. The molecule has 0 fully saturated rings. The van der Waals surface area contributed by atoms with Crippen LogP contribution in [0.2, 0.25) is 15.1 Å². The summed E-state index contributed by atoms with van der Waals surface area (Å²) in [4.78, 5) is 0. The normalized spacial score (nSPS) is 11.0. The lowest BCUT2D eigenvalue weighted by Gasteiger charge is -2.15. The minimum Gasteiger partial charge on any atom is -0.490 e. The Morgan fingerprint density at radius 1 is 0.968 bits per heavy atom. The van der Waals surface area contributed by atoms with Gasteiger partial charge < -0.3 is 14.9 Å². The molecule has 0 aliphatic carbocycles. The number of nitrogens with zero attached hydrogens (tertiary/aromatic N) is 1. The van der Waals surface area contributed by atoms with Crippen molar-refractivity contribution in [3.8, 4) is 11.5 Å². The second kappa shape index (κ2) is 11.8. The molecule has 162 valence electrons. The fourth-order valence-corrected chi connectivity index (χ4v) is 4.08. The van der Waals surface area contributed by atoms with E-state index in [4.69, 9.17) is 44.3 Å². The van der Waals surface area contributed by atoms with Crippen LogP contribution in [0.15, 0.2) is 59.7 Å². The Balaban J connectivity index is 1.69. The van der Waals surface area contributed by atoms with Crippen molar-refractivity contribution in [2.45, 2.75) is 20.1 Å². The Bertz CT molecular complexity index is 1060. The van der Waals surface area contributed by atoms with Gasteiger partial charge in [-0.15, -0.1) is 0 Å². The highest BCUT2D eigenvalue weighted by Crippen LogP contribution is 2.35. The van der Waals surface area contributed by atoms with Crippen molar-refractivity contribution in [1.82, 2.24) is 5.43 Å². The van der Waals surface area contributed by atoms with Crippen LogP contribution >= 0.6 is 57.4 Å². The first-order chi connectivity index (χ1) is 15.0. The van der Waals surface area contributed by atoms with Gasteiger partial charge in [0.1, 0.15) is 6.61 Å². The molecule has 4 nitrogen and oxygen atoms in total. The van der Waals surface area contributed by atoms with Gasteiger partial charge in [-0.2, -0.15) is 5.10 Å². The molecular weight excluding hydrogens is 570 g/mol. The number of hydrogen-bond donors (Lipinski definition) is 1. The van der Waals surface area contributed by atoms with Gasteiger partial charge in [0.25, 0.3) is 0 Å². The Labute approximate surface area is 210 Å². The Hall–Kier alpha value is -1.67. The molecule has 0 heterocycles. The first-order valence-corrected chi connectivity index (χ1v) is 11.7. The van der Waals surface area contributed by atoms with Crippen LogP contribution in [0.4, 0.5) is 0 Å². The maximum Gasteiger partial charge on any atom is 0.175 e. The highest BCUT2D eigenvalue weighted by Gasteiger charge is 2.13. The van der Waals surface area contributed by atoms with Gasteiger partial charge in [0.05, 0.1) is 22.9 Å². The van der Waals surface area contributed by atoms with Crippen LogP contribution in [0, 0.1) is 3.57 Å². The van der Waals surface area contributed by atoms with Crippen LogP contribution < -0.4 is 14.9 Å². The smallest absolute Gasteiger partial charge is 0.175 e. The van der Waals surface area contributed by atoms with Gasteiger partial charge in [0, 0.05) is 20.6 Å². The molecule has 3 rings (SSSR count). The van der Waals surface area contributed by atoms with Crippen LogP contribution in [-0.4, -0.2) is 12.8 Å². The van der Waals surface area contributed by atoms with Crippen molar-refractivity contribution in [1.29, 1.82) is 0 Å². The molecule has 0 aromatic heterocycles. The number of hydrazone groups is 1. The van der Waals surface area contributed by atoms with Crippen LogP contribution in [0.5, 0.6) is 11.5 Å². The van der Waals surface area contributed by atoms with Crippen molar-refractivity contribution < 1.29 is 9.47 Å². The monoisotopic (exact) mass is 588 g/mol. The largest absolute Gasteiger partial charge is 0.490 e. The molecule has 0 atom stereocenters. The standard InChI is InChI=1S/C23H20Cl3IN2O2/c1-2-30-22-10-16(13-29-28-12-15-3-6-18(24)7-4-15)9-21(27)23(22)31-14-17-5-8-19(25)11-20(17)26/h3-11,13,28H,2,12,14H2,1H3/b29-13-. The molecule has 0 radical (unpaired) electrons. The summed E-state index contributed by atoms with van der Waals surface area (Å²) >= 11 is 20.4. The third-order valence-corrected chi connectivity index (χ3v) is 5.86. The molecule has 8 heteroatoms.